The van der Waals surface area contributed by atoms with Gasteiger partial charge in [-0.2, -0.15) is 10.5 Å². The summed E-state index contributed by atoms with van der Waals surface area (Å²) in [6.45, 7) is 8.38. The second-order valence-electron chi connectivity index (χ2n) is 16.1. The van der Waals surface area contributed by atoms with Gasteiger partial charge in [0.25, 0.3) is 0 Å². The predicted molar refractivity (Wildman–Crippen MR) is 203 cm³/mol. The van der Waals surface area contributed by atoms with Crippen LogP contribution in [0.15, 0.2) is 35.7 Å². The Morgan fingerprint density at radius 3 is 1.52 bits per heavy atom. The van der Waals surface area contributed by atoms with Crippen LogP contribution in [0.3, 0.4) is 0 Å². The Morgan fingerprint density at radius 2 is 1.17 bits per heavy atom. The maximum Gasteiger partial charge on any atom is 2.00 e. The molecule has 12 heteroatoms. The number of nitrogens with zero attached hydrogens (tertiary/aromatic N) is 6. The number of hydrogen-bond donors (Lipinski definition) is 1. The van der Waals surface area contributed by atoms with E-state index in [0.717, 1.165) is 79.8 Å². The zero-order valence-corrected chi connectivity index (χ0v) is 34.2. The van der Waals surface area contributed by atoms with Gasteiger partial charge in [0.05, 0.1) is 17.1 Å². The van der Waals surface area contributed by atoms with Gasteiger partial charge in [-0.15, -0.1) is 0 Å². The second kappa shape index (κ2) is 16.6. The van der Waals surface area contributed by atoms with Crippen LogP contribution in [0.4, 0.5) is 0 Å². The minimum absolute atomic E-state index is 0. The first kappa shape index (κ1) is 43.1. The number of likely N-dealkylation sites (tertiary alicyclic amines) is 2. The molecule has 280 valence electrons. The normalized spacial score (nSPS) is 20.6. The van der Waals surface area contributed by atoms with E-state index in [-0.39, 0.29) is 84.2 Å². The molecular formula is C42H49ClMgN6O4. The van der Waals surface area contributed by atoms with E-state index in [1.807, 2.05) is 6.07 Å². The van der Waals surface area contributed by atoms with E-state index >= 15 is 0 Å². The number of pyridine rings is 2. The largest absolute Gasteiger partial charge is 2.00 e. The number of allylic oxidation sites excluding steroid dienone is 2. The quantitative estimate of drug-likeness (QED) is 0.280. The summed E-state index contributed by atoms with van der Waals surface area (Å²) in [7, 11) is 0. The molecule has 2 aromatic heterocycles. The van der Waals surface area contributed by atoms with E-state index in [0.29, 0.717) is 27.9 Å². The number of halogens is 1. The van der Waals surface area contributed by atoms with Crippen molar-refractivity contribution in [2.75, 3.05) is 26.2 Å². The van der Waals surface area contributed by atoms with Crippen molar-refractivity contribution in [3.63, 3.8) is 0 Å². The Balaban J connectivity index is 0.000000228. The minimum atomic E-state index is -1.06. The number of aliphatic hydroxyl groups is 1. The van der Waals surface area contributed by atoms with Gasteiger partial charge in [-0.25, -0.2) is 0 Å². The number of hydrogen-bond acceptors (Lipinski definition) is 10. The molecule has 2 aromatic rings. The molecule has 1 N–H and O–H groups in total. The molecule has 2 saturated carbocycles. The van der Waals surface area contributed by atoms with Crippen LogP contribution in [0.1, 0.15) is 123 Å². The molecule has 0 aromatic carbocycles. The van der Waals surface area contributed by atoms with Crippen molar-refractivity contribution in [2.24, 2.45) is 10.8 Å². The first-order valence-corrected chi connectivity index (χ1v) is 18.4. The second-order valence-corrected chi connectivity index (χ2v) is 16.1. The molecular weight excluding hydrogens is 712 g/mol. The van der Waals surface area contributed by atoms with Gasteiger partial charge in [-0.1, -0.05) is 12.8 Å². The molecule has 10 nitrogen and oxygen atoms in total. The third kappa shape index (κ3) is 8.02. The summed E-state index contributed by atoms with van der Waals surface area (Å²) in [6.07, 6.45) is 16.1. The summed E-state index contributed by atoms with van der Waals surface area (Å²) in [5, 5.41) is 29.6. The maximum absolute atomic E-state index is 12.5. The Hall–Kier alpha value is -3.61. The molecule has 0 bridgehead atoms. The number of nitriles is 2. The number of carbonyl (C=O) groups excluding carboxylic acids is 3. The van der Waals surface area contributed by atoms with Crippen molar-refractivity contribution in [1.29, 1.82) is 10.5 Å². The Morgan fingerprint density at radius 1 is 0.759 bits per heavy atom. The van der Waals surface area contributed by atoms with Gasteiger partial charge in [-0.3, -0.25) is 24.4 Å². The molecule has 0 radical (unpaired) electrons. The van der Waals surface area contributed by atoms with Crippen molar-refractivity contribution in [3.8, 4) is 12.1 Å². The van der Waals surface area contributed by atoms with Crippen LogP contribution in [-0.4, -0.2) is 91.5 Å². The van der Waals surface area contributed by atoms with Gasteiger partial charge < -0.3 is 34.7 Å². The number of Topliss-reactive ketones (excluding diaryl/α,β-unsaturated/α-hetero) is 3. The van der Waals surface area contributed by atoms with Gasteiger partial charge in [0, 0.05) is 69.5 Å². The van der Waals surface area contributed by atoms with Crippen molar-refractivity contribution in [3.05, 3.63) is 76.7 Å². The summed E-state index contributed by atoms with van der Waals surface area (Å²) >= 11 is 0. The summed E-state index contributed by atoms with van der Waals surface area (Å²) in [6, 6.07) is 7.89. The standard InChI is InChI=1S/C21H25N3O2.C20H21N3O2.CH3.ClH.Mg/c1-20(2,26)18-11-15-14(13-23-18)10-17(25)16(12-22)19(15)24-8-6-21(7-9-24)4-3-5-21;1-13(24)17-10-15-14(12-22-17)9-18(25)16(11-21)19(15)23-7-5-20(6-8-23)3-2-4-20;;;/h11,13,26H,3-10H2,1-2H3;10,12H,2-9H2,1H3;1H3;1H;/q;;-1;;+2/p-1. The third-order valence-electron chi connectivity index (χ3n) is 12.5. The molecule has 6 aliphatic rings. The van der Waals surface area contributed by atoms with E-state index in [4.69, 9.17) is 0 Å². The van der Waals surface area contributed by atoms with E-state index in [1.54, 1.807) is 32.3 Å². The number of aromatic nitrogens is 2. The zero-order chi connectivity index (χ0) is 36.1. The van der Waals surface area contributed by atoms with Crippen molar-refractivity contribution in [2.45, 2.75) is 103 Å². The summed E-state index contributed by atoms with van der Waals surface area (Å²) in [4.78, 5) is 49.6. The molecule has 2 spiro atoms. The van der Waals surface area contributed by atoms with Crippen LogP contribution >= 0.6 is 0 Å². The van der Waals surface area contributed by atoms with Gasteiger partial charge in [0.2, 0.25) is 0 Å². The number of rotatable bonds is 4. The number of carbonyl (C=O) groups is 3. The van der Waals surface area contributed by atoms with E-state index < -0.39 is 5.60 Å². The van der Waals surface area contributed by atoms with Crippen molar-refractivity contribution in [1.82, 2.24) is 19.8 Å². The first-order chi connectivity index (χ1) is 24.4. The van der Waals surface area contributed by atoms with Gasteiger partial charge in [-0.05, 0) is 99.3 Å². The topological polar surface area (TPSA) is 151 Å². The monoisotopic (exact) mass is 760 g/mol. The minimum Gasteiger partial charge on any atom is -1.00 e. The molecule has 0 atom stereocenters. The average Bonchev–Trinajstić information content (AvgIpc) is 3.08. The van der Waals surface area contributed by atoms with Crippen LogP contribution in [0.25, 0.3) is 11.4 Å². The fourth-order valence-corrected chi connectivity index (χ4v) is 8.92. The number of ketones is 3. The SMILES string of the molecule is CC(=O)c1cc2c(cn1)CC(=O)C(C#N)=C2N1CCC2(CCC2)CC1.CC(C)(O)c1cc2c(cn1)CC(=O)C(C#N)=C2N1CCC2(CCC2)CC1.[CH3-].[Cl-].[Mg+2]. The van der Waals surface area contributed by atoms with E-state index in [1.165, 1.54) is 45.4 Å². The Labute approximate surface area is 341 Å². The van der Waals surface area contributed by atoms with E-state index in [2.05, 4.69) is 31.9 Å². The molecule has 2 saturated heterocycles. The molecule has 54 heavy (non-hydrogen) atoms. The van der Waals surface area contributed by atoms with Gasteiger partial charge in [0.1, 0.15) is 34.6 Å². The smallest absolute Gasteiger partial charge is 1.00 e. The molecule has 0 amide bonds. The first-order valence-electron chi connectivity index (χ1n) is 18.4. The van der Waals surface area contributed by atoms with Crippen LogP contribution < -0.4 is 12.4 Å². The fourth-order valence-electron chi connectivity index (χ4n) is 8.92. The van der Waals surface area contributed by atoms with Crippen molar-refractivity contribution < 1.29 is 31.9 Å². The molecule has 0 unspecified atom stereocenters. The van der Waals surface area contributed by atoms with Crippen LogP contribution in [0, 0.1) is 40.9 Å². The molecule has 2 aliphatic heterocycles. The van der Waals surface area contributed by atoms with Crippen LogP contribution in [-0.2, 0) is 28.0 Å². The van der Waals surface area contributed by atoms with Gasteiger partial charge in [0.15, 0.2) is 17.3 Å². The molecule has 8 rings (SSSR count). The van der Waals surface area contributed by atoms with Crippen LogP contribution in [0.5, 0.6) is 0 Å². The fraction of sp³-hybridized carbons (Fsp3) is 0.524. The number of piperidine rings is 2. The van der Waals surface area contributed by atoms with Crippen molar-refractivity contribution >= 4 is 51.8 Å². The average molecular weight is 762 g/mol. The molecule has 4 aliphatic carbocycles. The number of fused-ring (bicyclic) bond motifs is 2. The maximum atomic E-state index is 12.5. The Kier molecular flexibility index (Phi) is 13.3. The van der Waals surface area contributed by atoms with Crippen LogP contribution in [0.2, 0.25) is 0 Å². The van der Waals surface area contributed by atoms with E-state index in [9.17, 15) is 30.0 Å². The third-order valence-corrected chi connectivity index (χ3v) is 12.5. The molecule has 4 heterocycles. The summed E-state index contributed by atoms with van der Waals surface area (Å²) in [5.41, 5.74) is 6.22. The Bertz CT molecular complexity index is 1960. The summed E-state index contributed by atoms with van der Waals surface area (Å²) in [5.74, 6) is -0.382. The summed E-state index contributed by atoms with van der Waals surface area (Å²) < 4.78 is 0. The zero-order valence-electron chi connectivity index (χ0n) is 32.1. The molecule has 4 fully saturated rings. The predicted octanol–water partition coefficient (Wildman–Crippen LogP) is 2.92. The van der Waals surface area contributed by atoms with Gasteiger partial charge >= 0.3 is 23.1 Å².